The molecule has 162 valence electrons. The van der Waals surface area contributed by atoms with Crippen molar-refractivity contribution in [2.24, 2.45) is 0 Å². The van der Waals surface area contributed by atoms with E-state index >= 15 is 0 Å². The first kappa shape index (κ1) is 21.3. The summed E-state index contributed by atoms with van der Waals surface area (Å²) in [6.45, 7) is -0.800. The van der Waals surface area contributed by atoms with Crippen LogP contribution in [0.3, 0.4) is 0 Å². The van der Waals surface area contributed by atoms with E-state index in [0.717, 1.165) is 6.07 Å². The number of anilines is 1. The lowest BCUT2D eigenvalue weighted by Crippen LogP contribution is -2.43. The van der Waals surface area contributed by atoms with Crippen molar-refractivity contribution in [3.8, 4) is 0 Å². The normalized spacial score (nSPS) is 16.3. The van der Waals surface area contributed by atoms with E-state index in [1.54, 1.807) is 18.2 Å². The Morgan fingerprint density at radius 1 is 0.969 bits per heavy atom. The smallest absolute Gasteiger partial charge is 0.265 e. The van der Waals surface area contributed by atoms with Crippen LogP contribution < -0.4 is 5.32 Å². The molecule has 2 N–H and O–H groups in total. The number of rotatable bonds is 4. The fourth-order valence-corrected chi connectivity index (χ4v) is 5.00. The van der Waals surface area contributed by atoms with Gasteiger partial charge < -0.3 is 10.4 Å². The second-order valence-corrected chi connectivity index (χ2v) is 8.79. The Hall–Kier alpha value is -3.98. The zero-order valence-electron chi connectivity index (χ0n) is 16.5. The Morgan fingerprint density at radius 2 is 1.66 bits per heavy atom. The van der Waals surface area contributed by atoms with Gasteiger partial charge in [0.15, 0.2) is 5.76 Å². The van der Waals surface area contributed by atoms with Gasteiger partial charge in [-0.05, 0) is 30.3 Å². The van der Waals surface area contributed by atoms with Gasteiger partial charge in [0.05, 0.1) is 4.90 Å². The minimum Gasteiger partial charge on any atom is -0.505 e. The number of hydrogen-bond acceptors (Lipinski definition) is 5. The predicted molar refractivity (Wildman–Crippen MR) is 116 cm³/mol. The SMILES string of the molecule is O=C(CN1/C(=C(/O)c2ccccc2)C(=O)c2ccccc2S1(=O)=O)Nc1cccc(F)c1. The van der Waals surface area contributed by atoms with E-state index in [1.165, 1.54) is 54.6 Å². The maximum absolute atomic E-state index is 13.4. The number of aliphatic hydroxyl groups is 1. The molecular formula is C23H17FN2O5S. The molecule has 0 bridgehead atoms. The maximum Gasteiger partial charge on any atom is 0.265 e. The number of nitrogens with one attached hydrogen (secondary N) is 1. The fourth-order valence-electron chi connectivity index (χ4n) is 3.38. The molecule has 3 aromatic carbocycles. The van der Waals surface area contributed by atoms with Gasteiger partial charge in [0.1, 0.15) is 18.1 Å². The average Bonchev–Trinajstić information content (AvgIpc) is 2.78. The third kappa shape index (κ3) is 3.85. The van der Waals surface area contributed by atoms with Crippen molar-refractivity contribution in [2.45, 2.75) is 4.90 Å². The van der Waals surface area contributed by atoms with Crippen molar-refractivity contribution in [1.29, 1.82) is 0 Å². The topological polar surface area (TPSA) is 104 Å². The maximum atomic E-state index is 13.4. The molecule has 0 aromatic heterocycles. The monoisotopic (exact) mass is 452 g/mol. The Kier molecular flexibility index (Phi) is 5.50. The van der Waals surface area contributed by atoms with E-state index in [1.807, 2.05) is 0 Å². The molecule has 0 atom stereocenters. The predicted octanol–water partition coefficient (Wildman–Crippen LogP) is 3.58. The second-order valence-electron chi connectivity index (χ2n) is 6.96. The number of benzene rings is 3. The Bertz CT molecular complexity index is 1350. The van der Waals surface area contributed by atoms with Gasteiger partial charge in [-0.2, -0.15) is 0 Å². The molecular weight excluding hydrogens is 435 g/mol. The first-order valence-corrected chi connectivity index (χ1v) is 10.9. The van der Waals surface area contributed by atoms with Gasteiger partial charge in [-0.1, -0.05) is 48.5 Å². The summed E-state index contributed by atoms with van der Waals surface area (Å²) in [7, 11) is -4.35. The van der Waals surface area contributed by atoms with Crippen LogP contribution in [0.25, 0.3) is 5.76 Å². The molecule has 0 saturated carbocycles. The number of allylic oxidation sites excluding steroid dienone is 1. The van der Waals surface area contributed by atoms with Gasteiger partial charge in [0.25, 0.3) is 10.0 Å². The number of carbonyl (C=O) groups excluding carboxylic acids is 2. The number of aliphatic hydroxyl groups excluding tert-OH is 1. The Labute approximate surface area is 183 Å². The van der Waals surface area contributed by atoms with Crippen LogP contribution >= 0.6 is 0 Å². The largest absolute Gasteiger partial charge is 0.505 e. The number of fused-ring (bicyclic) bond motifs is 1. The van der Waals surface area contributed by atoms with Crippen molar-refractivity contribution in [1.82, 2.24) is 4.31 Å². The van der Waals surface area contributed by atoms with Crippen LogP contribution in [0.1, 0.15) is 15.9 Å². The van der Waals surface area contributed by atoms with Crippen LogP contribution in [-0.2, 0) is 14.8 Å². The summed E-state index contributed by atoms with van der Waals surface area (Å²) in [5.74, 6) is -2.72. The highest BCUT2D eigenvalue weighted by Crippen LogP contribution is 2.35. The zero-order chi connectivity index (χ0) is 22.9. The van der Waals surface area contributed by atoms with Crippen molar-refractivity contribution in [2.75, 3.05) is 11.9 Å². The zero-order valence-corrected chi connectivity index (χ0v) is 17.3. The number of sulfonamides is 1. The summed E-state index contributed by atoms with van der Waals surface area (Å²) in [4.78, 5) is 25.6. The number of carbonyl (C=O) groups is 2. The summed E-state index contributed by atoms with van der Waals surface area (Å²) in [6, 6.07) is 18.6. The van der Waals surface area contributed by atoms with Gasteiger partial charge in [-0.3, -0.25) is 9.59 Å². The highest BCUT2D eigenvalue weighted by molar-refractivity contribution is 7.89. The molecule has 0 fully saturated rings. The molecule has 3 aromatic rings. The molecule has 0 aliphatic carbocycles. The first-order chi connectivity index (χ1) is 15.3. The van der Waals surface area contributed by atoms with Crippen LogP contribution in [0.4, 0.5) is 10.1 Å². The number of amides is 1. The van der Waals surface area contributed by atoms with Crippen LogP contribution in [0.5, 0.6) is 0 Å². The number of ketones is 1. The van der Waals surface area contributed by atoms with Crippen LogP contribution in [0.2, 0.25) is 0 Å². The highest BCUT2D eigenvalue weighted by atomic mass is 32.2. The Morgan fingerprint density at radius 3 is 2.38 bits per heavy atom. The standard InChI is InChI=1S/C23H17FN2O5S/c24-16-9-6-10-17(13-16)25-20(27)14-26-21(22(28)15-7-2-1-3-8-15)23(29)18-11-4-5-12-19(18)32(26,30)31/h1-13,28H,14H2,(H,25,27)/b22-21+. The number of Topliss-reactive ketones (excluding diaryl/α,β-unsaturated/α-hetero) is 1. The number of halogens is 1. The molecule has 0 spiro atoms. The lowest BCUT2D eigenvalue weighted by atomic mass is 10.0. The summed E-state index contributed by atoms with van der Waals surface area (Å²) in [5, 5.41) is 13.3. The molecule has 1 amide bonds. The third-order valence-corrected chi connectivity index (χ3v) is 6.64. The van der Waals surface area contributed by atoms with Crippen molar-refractivity contribution in [3.05, 3.63) is 102 Å². The number of nitrogens with zero attached hydrogens (tertiary/aromatic N) is 1. The van der Waals surface area contributed by atoms with E-state index in [-0.39, 0.29) is 21.7 Å². The summed E-state index contributed by atoms with van der Waals surface area (Å²) < 4.78 is 40.7. The minimum absolute atomic E-state index is 0.105. The molecule has 1 heterocycles. The van der Waals surface area contributed by atoms with E-state index < -0.39 is 45.5 Å². The van der Waals surface area contributed by atoms with E-state index in [0.29, 0.717) is 4.31 Å². The van der Waals surface area contributed by atoms with Gasteiger partial charge in [0, 0.05) is 16.8 Å². The molecule has 0 unspecified atom stereocenters. The van der Waals surface area contributed by atoms with Gasteiger partial charge >= 0.3 is 0 Å². The summed E-state index contributed by atoms with van der Waals surface area (Å²) in [5.41, 5.74) is -0.314. The number of hydrogen-bond donors (Lipinski definition) is 2. The van der Waals surface area contributed by atoms with Crippen molar-refractivity contribution in [3.63, 3.8) is 0 Å². The Balaban J connectivity index is 1.81. The molecule has 9 heteroatoms. The quantitative estimate of drug-likeness (QED) is 0.465. The third-order valence-electron chi connectivity index (χ3n) is 4.83. The second kappa shape index (κ2) is 8.27. The van der Waals surface area contributed by atoms with E-state index in [2.05, 4.69) is 5.32 Å². The average molecular weight is 452 g/mol. The molecule has 1 aliphatic rings. The van der Waals surface area contributed by atoms with Crippen LogP contribution in [-0.4, -0.2) is 36.1 Å². The molecule has 32 heavy (non-hydrogen) atoms. The summed E-state index contributed by atoms with van der Waals surface area (Å²) in [6.07, 6.45) is 0. The molecule has 0 radical (unpaired) electrons. The minimum atomic E-state index is -4.35. The van der Waals surface area contributed by atoms with Crippen molar-refractivity contribution >= 4 is 33.2 Å². The van der Waals surface area contributed by atoms with E-state index in [9.17, 15) is 27.5 Å². The summed E-state index contributed by atoms with van der Waals surface area (Å²) >= 11 is 0. The lowest BCUT2D eigenvalue weighted by molar-refractivity contribution is -0.116. The molecule has 7 nitrogen and oxygen atoms in total. The molecule has 4 rings (SSSR count). The van der Waals surface area contributed by atoms with Crippen LogP contribution in [0.15, 0.2) is 89.5 Å². The lowest BCUT2D eigenvalue weighted by Gasteiger charge is -2.31. The first-order valence-electron chi connectivity index (χ1n) is 9.49. The van der Waals surface area contributed by atoms with Gasteiger partial charge in [0.2, 0.25) is 11.7 Å². The molecule has 0 saturated heterocycles. The fraction of sp³-hybridized carbons (Fsp3) is 0.0435. The van der Waals surface area contributed by atoms with Crippen LogP contribution in [0, 0.1) is 5.82 Å². The van der Waals surface area contributed by atoms with E-state index in [4.69, 9.17) is 0 Å². The van der Waals surface area contributed by atoms with Gasteiger partial charge in [-0.15, -0.1) is 0 Å². The van der Waals surface area contributed by atoms with Crippen molar-refractivity contribution < 1.29 is 27.5 Å². The molecule has 1 aliphatic heterocycles. The highest BCUT2D eigenvalue weighted by Gasteiger charge is 2.42. The van der Waals surface area contributed by atoms with Gasteiger partial charge in [-0.25, -0.2) is 17.1 Å².